The van der Waals surface area contributed by atoms with E-state index in [2.05, 4.69) is 6.07 Å². The molecule has 0 saturated carbocycles. The molecule has 27 heavy (non-hydrogen) atoms. The van der Waals surface area contributed by atoms with Gasteiger partial charge in [-0.1, -0.05) is 72.8 Å². The summed E-state index contributed by atoms with van der Waals surface area (Å²) in [5, 5.41) is 9.15. The Morgan fingerprint density at radius 1 is 0.926 bits per heavy atom. The third kappa shape index (κ3) is 4.34. The quantitative estimate of drug-likeness (QED) is 0.666. The van der Waals surface area contributed by atoms with Gasteiger partial charge in [-0.05, 0) is 23.3 Å². The van der Waals surface area contributed by atoms with Crippen molar-refractivity contribution in [3.8, 4) is 11.8 Å². The summed E-state index contributed by atoms with van der Waals surface area (Å²) in [4.78, 5) is 14.5. The van der Waals surface area contributed by atoms with Crippen LogP contribution < -0.4 is 4.74 Å². The van der Waals surface area contributed by atoms with Gasteiger partial charge in [-0.15, -0.1) is 0 Å². The molecule has 0 unspecified atom stereocenters. The van der Waals surface area contributed by atoms with Crippen LogP contribution in [0.2, 0.25) is 0 Å². The van der Waals surface area contributed by atoms with E-state index in [1.54, 1.807) is 36.2 Å². The number of ether oxygens (including phenoxy) is 1. The number of carbonyl (C=O) groups is 1. The van der Waals surface area contributed by atoms with E-state index < -0.39 is 0 Å². The fraction of sp³-hybridized carbons (Fsp3) is 0.130. The number of rotatable bonds is 6. The van der Waals surface area contributed by atoms with E-state index in [1.807, 2.05) is 60.7 Å². The SMILES string of the molecule is CN(C(=O)COc1ccccc1C#N)C(c1ccccc1)c1ccccc1. The molecule has 0 aliphatic carbocycles. The predicted molar refractivity (Wildman–Crippen MR) is 104 cm³/mol. The first-order chi connectivity index (χ1) is 13.2. The molecule has 134 valence electrons. The Kier molecular flexibility index (Phi) is 5.86. The normalized spacial score (nSPS) is 10.3. The minimum Gasteiger partial charge on any atom is -0.482 e. The van der Waals surface area contributed by atoms with Crippen molar-refractivity contribution in [2.45, 2.75) is 6.04 Å². The van der Waals surface area contributed by atoms with Gasteiger partial charge in [0, 0.05) is 7.05 Å². The first-order valence-corrected chi connectivity index (χ1v) is 8.68. The van der Waals surface area contributed by atoms with Gasteiger partial charge >= 0.3 is 0 Å². The zero-order valence-electron chi connectivity index (χ0n) is 15.1. The molecular weight excluding hydrogens is 336 g/mol. The average molecular weight is 356 g/mol. The van der Waals surface area contributed by atoms with Gasteiger partial charge in [-0.25, -0.2) is 0 Å². The van der Waals surface area contributed by atoms with E-state index in [0.717, 1.165) is 11.1 Å². The highest BCUT2D eigenvalue weighted by molar-refractivity contribution is 5.78. The molecule has 4 nitrogen and oxygen atoms in total. The summed E-state index contributed by atoms with van der Waals surface area (Å²) in [6.45, 7) is -0.134. The summed E-state index contributed by atoms with van der Waals surface area (Å²) in [6, 6.07) is 28.5. The smallest absolute Gasteiger partial charge is 0.261 e. The first kappa shape index (κ1) is 18.2. The van der Waals surface area contributed by atoms with Gasteiger partial charge in [-0.3, -0.25) is 4.79 Å². The van der Waals surface area contributed by atoms with Crippen LogP contribution in [0.25, 0.3) is 0 Å². The van der Waals surface area contributed by atoms with Gasteiger partial charge in [0.1, 0.15) is 11.8 Å². The summed E-state index contributed by atoms with van der Waals surface area (Å²) in [5.41, 5.74) is 2.46. The molecule has 0 radical (unpaired) electrons. The summed E-state index contributed by atoms with van der Waals surface area (Å²) < 4.78 is 5.62. The average Bonchev–Trinajstić information content (AvgIpc) is 2.74. The summed E-state index contributed by atoms with van der Waals surface area (Å²) >= 11 is 0. The minimum absolute atomic E-state index is 0.134. The number of para-hydroxylation sites is 1. The van der Waals surface area contributed by atoms with E-state index in [0.29, 0.717) is 11.3 Å². The van der Waals surface area contributed by atoms with Gasteiger partial charge in [-0.2, -0.15) is 5.26 Å². The maximum atomic E-state index is 12.8. The molecule has 0 N–H and O–H groups in total. The number of hydrogen-bond acceptors (Lipinski definition) is 3. The minimum atomic E-state index is -0.213. The molecule has 0 spiro atoms. The van der Waals surface area contributed by atoms with Crippen LogP contribution in [0.1, 0.15) is 22.7 Å². The van der Waals surface area contributed by atoms with Crippen LogP contribution in [0.3, 0.4) is 0 Å². The van der Waals surface area contributed by atoms with Crippen LogP contribution in [0.5, 0.6) is 5.75 Å². The van der Waals surface area contributed by atoms with E-state index in [4.69, 9.17) is 10.00 Å². The Labute approximate surface area is 159 Å². The summed E-state index contributed by atoms with van der Waals surface area (Å²) in [7, 11) is 1.77. The van der Waals surface area contributed by atoms with E-state index in [1.165, 1.54) is 0 Å². The molecule has 0 saturated heterocycles. The molecule has 0 aliphatic heterocycles. The molecule has 0 aliphatic rings. The van der Waals surface area contributed by atoms with Crippen LogP contribution in [0, 0.1) is 11.3 Å². The van der Waals surface area contributed by atoms with Gasteiger partial charge in [0.05, 0.1) is 11.6 Å². The second kappa shape index (κ2) is 8.68. The Balaban J connectivity index is 1.81. The highest BCUT2D eigenvalue weighted by Crippen LogP contribution is 2.27. The largest absolute Gasteiger partial charge is 0.482 e. The second-order valence-electron chi connectivity index (χ2n) is 6.13. The Morgan fingerprint density at radius 2 is 1.44 bits per heavy atom. The first-order valence-electron chi connectivity index (χ1n) is 8.68. The van der Waals surface area contributed by atoms with Crippen LogP contribution in [-0.4, -0.2) is 24.5 Å². The lowest BCUT2D eigenvalue weighted by molar-refractivity contribution is -0.133. The van der Waals surface area contributed by atoms with Crippen LogP contribution >= 0.6 is 0 Å². The molecule has 3 aromatic rings. The van der Waals surface area contributed by atoms with E-state index >= 15 is 0 Å². The molecular formula is C23H20N2O2. The Hall–Kier alpha value is -3.58. The molecule has 0 fully saturated rings. The molecule has 0 heterocycles. The van der Waals surface area contributed by atoms with Crippen molar-refractivity contribution in [1.82, 2.24) is 4.90 Å². The number of likely N-dealkylation sites (N-methyl/N-ethyl adjacent to an activating group) is 1. The maximum absolute atomic E-state index is 12.8. The number of amides is 1. The molecule has 3 rings (SSSR count). The zero-order chi connectivity index (χ0) is 19.1. The van der Waals surface area contributed by atoms with Crippen molar-refractivity contribution in [3.05, 3.63) is 102 Å². The standard InChI is InChI=1S/C23H20N2O2/c1-25(22(26)17-27-21-15-9-8-14-20(21)16-24)23(18-10-4-2-5-11-18)19-12-6-3-7-13-19/h2-15,23H,17H2,1H3. The number of hydrogen-bond donors (Lipinski definition) is 0. The lowest BCUT2D eigenvalue weighted by Gasteiger charge is -2.29. The molecule has 0 atom stereocenters. The number of nitriles is 1. The topological polar surface area (TPSA) is 53.3 Å². The van der Waals surface area contributed by atoms with Crippen molar-refractivity contribution in [2.24, 2.45) is 0 Å². The zero-order valence-corrected chi connectivity index (χ0v) is 15.1. The third-order valence-electron chi connectivity index (χ3n) is 4.37. The van der Waals surface area contributed by atoms with E-state index in [-0.39, 0.29) is 18.6 Å². The monoisotopic (exact) mass is 356 g/mol. The van der Waals surface area contributed by atoms with Crippen molar-refractivity contribution >= 4 is 5.91 Å². The van der Waals surface area contributed by atoms with Gasteiger partial charge < -0.3 is 9.64 Å². The van der Waals surface area contributed by atoms with Crippen molar-refractivity contribution in [1.29, 1.82) is 5.26 Å². The molecule has 0 aromatic heterocycles. The molecule has 4 heteroatoms. The molecule has 3 aromatic carbocycles. The maximum Gasteiger partial charge on any atom is 0.261 e. The van der Waals surface area contributed by atoms with Crippen LogP contribution in [0.15, 0.2) is 84.9 Å². The molecule has 1 amide bonds. The van der Waals surface area contributed by atoms with Gasteiger partial charge in [0.2, 0.25) is 0 Å². The van der Waals surface area contributed by atoms with Crippen molar-refractivity contribution in [3.63, 3.8) is 0 Å². The second-order valence-corrected chi connectivity index (χ2v) is 6.13. The lowest BCUT2D eigenvalue weighted by atomic mass is 9.97. The summed E-state index contributed by atoms with van der Waals surface area (Å²) in [5.74, 6) is 0.248. The number of benzene rings is 3. The predicted octanol–water partition coefficient (Wildman–Crippen LogP) is 4.19. The molecule has 0 bridgehead atoms. The Morgan fingerprint density at radius 3 is 2.00 bits per heavy atom. The number of nitrogens with zero attached hydrogens (tertiary/aromatic N) is 2. The highest BCUT2D eigenvalue weighted by atomic mass is 16.5. The fourth-order valence-electron chi connectivity index (χ4n) is 2.98. The van der Waals surface area contributed by atoms with Gasteiger partial charge in [0.25, 0.3) is 5.91 Å². The van der Waals surface area contributed by atoms with Crippen molar-refractivity contribution in [2.75, 3.05) is 13.7 Å². The van der Waals surface area contributed by atoms with Crippen molar-refractivity contribution < 1.29 is 9.53 Å². The van der Waals surface area contributed by atoms with Crippen LogP contribution in [-0.2, 0) is 4.79 Å². The highest BCUT2D eigenvalue weighted by Gasteiger charge is 2.23. The Bertz CT molecular complexity index is 894. The summed E-state index contributed by atoms with van der Waals surface area (Å²) in [6.07, 6.45) is 0. The lowest BCUT2D eigenvalue weighted by Crippen LogP contribution is -2.35. The van der Waals surface area contributed by atoms with Gasteiger partial charge in [0.15, 0.2) is 6.61 Å². The third-order valence-corrected chi connectivity index (χ3v) is 4.37. The van der Waals surface area contributed by atoms with E-state index in [9.17, 15) is 4.79 Å². The fourth-order valence-corrected chi connectivity index (χ4v) is 2.98. The van der Waals surface area contributed by atoms with Crippen LogP contribution in [0.4, 0.5) is 0 Å². The number of carbonyl (C=O) groups excluding carboxylic acids is 1.